The lowest BCUT2D eigenvalue weighted by atomic mass is 10.2. The van der Waals surface area contributed by atoms with Crippen LogP contribution in [-0.4, -0.2) is 15.7 Å². The molecule has 5 heteroatoms. The molecule has 0 aliphatic carbocycles. The van der Waals surface area contributed by atoms with Gasteiger partial charge in [-0.25, -0.2) is 4.98 Å². The van der Waals surface area contributed by atoms with Crippen molar-refractivity contribution in [2.24, 2.45) is 5.73 Å². The summed E-state index contributed by atoms with van der Waals surface area (Å²) in [5.41, 5.74) is 7.06. The van der Waals surface area contributed by atoms with E-state index in [1.54, 1.807) is 18.0 Å². The van der Waals surface area contributed by atoms with Crippen molar-refractivity contribution in [2.45, 2.75) is 28.4 Å². The first-order chi connectivity index (χ1) is 8.35. The van der Waals surface area contributed by atoms with Crippen LogP contribution in [0, 0.1) is 0 Å². The molecule has 2 rings (SSSR count). The van der Waals surface area contributed by atoms with Crippen LogP contribution >= 0.6 is 23.5 Å². The Labute approximate surface area is 110 Å². The predicted molar refractivity (Wildman–Crippen MR) is 73.4 cm³/mol. The van der Waals surface area contributed by atoms with E-state index in [9.17, 15) is 0 Å². The summed E-state index contributed by atoms with van der Waals surface area (Å²) in [5.74, 6) is 1.06. The Bertz CT molecular complexity index is 469. The van der Waals surface area contributed by atoms with Gasteiger partial charge in [-0.3, -0.25) is 0 Å². The molecule has 0 amide bonds. The van der Waals surface area contributed by atoms with Gasteiger partial charge < -0.3 is 10.7 Å². The van der Waals surface area contributed by atoms with Crippen LogP contribution in [0.1, 0.15) is 12.5 Å². The molecule has 17 heavy (non-hydrogen) atoms. The van der Waals surface area contributed by atoms with Crippen molar-refractivity contribution in [1.29, 1.82) is 0 Å². The summed E-state index contributed by atoms with van der Waals surface area (Å²) in [7, 11) is 0. The number of hydrogen-bond acceptors (Lipinski definition) is 4. The molecule has 2 aromatic rings. The molecular formula is C12H15N3S2. The first-order valence-corrected chi connectivity index (χ1v) is 7.27. The maximum absolute atomic E-state index is 5.85. The van der Waals surface area contributed by atoms with Crippen LogP contribution in [-0.2, 0) is 6.54 Å². The highest BCUT2D eigenvalue weighted by molar-refractivity contribution is 8.00. The van der Waals surface area contributed by atoms with Gasteiger partial charge in [0.05, 0.1) is 0 Å². The summed E-state index contributed by atoms with van der Waals surface area (Å²) in [4.78, 5) is 9.77. The van der Waals surface area contributed by atoms with E-state index in [1.807, 2.05) is 18.0 Å². The highest BCUT2D eigenvalue weighted by Gasteiger charge is 2.09. The Balaban J connectivity index is 2.29. The van der Waals surface area contributed by atoms with E-state index in [0.29, 0.717) is 6.54 Å². The summed E-state index contributed by atoms with van der Waals surface area (Å²) >= 11 is 3.45. The predicted octanol–water partition coefficient (Wildman–Crippen LogP) is 3.13. The van der Waals surface area contributed by atoms with Crippen LogP contribution in [0.25, 0.3) is 0 Å². The zero-order valence-corrected chi connectivity index (χ0v) is 11.3. The molecule has 0 unspecified atom stereocenters. The molecule has 1 aromatic carbocycles. The third-order valence-electron chi connectivity index (χ3n) is 2.27. The third-order valence-corrected chi connectivity index (χ3v) is 4.27. The van der Waals surface area contributed by atoms with Crippen molar-refractivity contribution in [2.75, 3.05) is 5.75 Å². The molecule has 0 saturated heterocycles. The van der Waals surface area contributed by atoms with Gasteiger partial charge in [-0.05, 0) is 23.4 Å². The molecule has 0 spiro atoms. The molecule has 1 aromatic heterocycles. The molecule has 90 valence electrons. The quantitative estimate of drug-likeness (QED) is 0.816. The Morgan fingerprint density at radius 3 is 2.82 bits per heavy atom. The summed E-state index contributed by atoms with van der Waals surface area (Å²) in [6.07, 6.45) is 3.59. The van der Waals surface area contributed by atoms with Crippen LogP contribution < -0.4 is 5.73 Å². The molecule has 0 aliphatic rings. The zero-order chi connectivity index (χ0) is 12.1. The second-order valence-corrected chi connectivity index (χ2v) is 5.70. The van der Waals surface area contributed by atoms with Gasteiger partial charge in [0.25, 0.3) is 0 Å². The number of aromatic amines is 1. The average molecular weight is 265 g/mol. The van der Waals surface area contributed by atoms with Gasteiger partial charge in [-0.15, -0.1) is 11.8 Å². The van der Waals surface area contributed by atoms with Gasteiger partial charge in [-0.1, -0.05) is 24.8 Å². The number of hydrogen-bond donors (Lipinski definition) is 2. The van der Waals surface area contributed by atoms with E-state index in [2.05, 4.69) is 35.1 Å². The highest BCUT2D eigenvalue weighted by Crippen LogP contribution is 2.33. The maximum atomic E-state index is 5.85. The lowest BCUT2D eigenvalue weighted by Crippen LogP contribution is -2.00. The molecule has 0 bridgehead atoms. The lowest BCUT2D eigenvalue weighted by molar-refractivity contribution is 0.973. The summed E-state index contributed by atoms with van der Waals surface area (Å²) in [5, 5.41) is 0.901. The first kappa shape index (κ1) is 12.5. The number of rotatable bonds is 5. The minimum atomic E-state index is 0.562. The van der Waals surface area contributed by atoms with Gasteiger partial charge >= 0.3 is 0 Å². The standard InChI is InChI=1S/C12H15N3S2/c1-2-16-10-4-3-5-11(9(10)8-13)17-12-14-6-7-15-12/h3-7H,2,8,13H2,1H3,(H,14,15). The fourth-order valence-electron chi connectivity index (χ4n) is 1.54. The van der Waals surface area contributed by atoms with Gasteiger partial charge in [0.1, 0.15) is 0 Å². The van der Waals surface area contributed by atoms with Crippen molar-refractivity contribution in [3.05, 3.63) is 36.2 Å². The van der Waals surface area contributed by atoms with E-state index in [0.717, 1.165) is 10.9 Å². The molecule has 0 radical (unpaired) electrons. The summed E-state index contributed by atoms with van der Waals surface area (Å²) in [6, 6.07) is 6.29. The highest BCUT2D eigenvalue weighted by atomic mass is 32.2. The van der Waals surface area contributed by atoms with E-state index < -0.39 is 0 Å². The number of benzene rings is 1. The minimum Gasteiger partial charge on any atom is -0.339 e. The molecule has 0 fully saturated rings. The van der Waals surface area contributed by atoms with Gasteiger partial charge in [0, 0.05) is 28.7 Å². The normalized spacial score (nSPS) is 10.7. The van der Waals surface area contributed by atoms with Crippen molar-refractivity contribution in [3.8, 4) is 0 Å². The number of imidazole rings is 1. The van der Waals surface area contributed by atoms with Crippen LogP contribution in [0.5, 0.6) is 0 Å². The van der Waals surface area contributed by atoms with E-state index >= 15 is 0 Å². The minimum absolute atomic E-state index is 0.562. The van der Waals surface area contributed by atoms with Crippen molar-refractivity contribution in [1.82, 2.24) is 9.97 Å². The van der Waals surface area contributed by atoms with Gasteiger partial charge in [0.2, 0.25) is 0 Å². The van der Waals surface area contributed by atoms with Crippen LogP contribution in [0.3, 0.4) is 0 Å². The molecule has 0 saturated carbocycles. The first-order valence-electron chi connectivity index (χ1n) is 5.47. The van der Waals surface area contributed by atoms with Crippen molar-refractivity contribution in [3.63, 3.8) is 0 Å². The Morgan fingerprint density at radius 2 is 2.18 bits per heavy atom. The number of nitrogens with one attached hydrogen (secondary N) is 1. The lowest BCUT2D eigenvalue weighted by Gasteiger charge is -2.10. The number of nitrogens with two attached hydrogens (primary N) is 1. The topological polar surface area (TPSA) is 54.7 Å². The molecule has 0 atom stereocenters. The van der Waals surface area contributed by atoms with E-state index in [4.69, 9.17) is 5.73 Å². The van der Waals surface area contributed by atoms with Crippen molar-refractivity contribution < 1.29 is 0 Å². The zero-order valence-electron chi connectivity index (χ0n) is 9.64. The smallest absolute Gasteiger partial charge is 0.170 e. The monoisotopic (exact) mass is 265 g/mol. The average Bonchev–Trinajstić information content (AvgIpc) is 2.83. The molecule has 1 heterocycles. The fraction of sp³-hybridized carbons (Fsp3) is 0.250. The maximum Gasteiger partial charge on any atom is 0.170 e. The Hall–Kier alpha value is -0.910. The summed E-state index contributed by atoms with van der Waals surface area (Å²) < 4.78 is 0. The van der Waals surface area contributed by atoms with E-state index in [1.165, 1.54) is 15.4 Å². The Kier molecular flexibility index (Phi) is 4.53. The number of H-pyrrole nitrogens is 1. The molecule has 3 nitrogen and oxygen atoms in total. The van der Waals surface area contributed by atoms with Crippen LogP contribution in [0.15, 0.2) is 45.5 Å². The molecule has 3 N–H and O–H groups in total. The largest absolute Gasteiger partial charge is 0.339 e. The second kappa shape index (κ2) is 6.14. The number of aromatic nitrogens is 2. The number of thioether (sulfide) groups is 1. The van der Waals surface area contributed by atoms with Crippen LogP contribution in [0.4, 0.5) is 0 Å². The van der Waals surface area contributed by atoms with E-state index in [-0.39, 0.29) is 0 Å². The van der Waals surface area contributed by atoms with Crippen LogP contribution in [0.2, 0.25) is 0 Å². The van der Waals surface area contributed by atoms with Gasteiger partial charge in [-0.2, -0.15) is 0 Å². The van der Waals surface area contributed by atoms with Gasteiger partial charge in [0.15, 0.2) is 5.16 Å². The van der Waals surface area contributed by atoms with Crippen molar-refractivity contribution >= 4 is 23.5 Å². The second-order valence-electron chi connectivity index (χ2n) is 3.37. The number of nitrogens with zero attached hydrogens (tertiary/aromatic N) is 1. The third kappa shape index (κ3) is 3.06. The summed E-state index contributed by atoms with van der Waals surface area (Å²) in [6.45, 7) is 2.71. The fourth-order valence-corrected chi connectivity index (χ4v) is 3.37. The molecule has 0 aliphatic heterocycles. The SMILES string of the molecule is CCSc1cccc(Sc2ncc[nH]2)c1CN. The molecular weight excluding hydrogens is 250 g/mol. The Morgan fingerprint density at radius 1 is 1.35 bits per heavy atom.